The maximum atomic E-state index is 12.6. The van der Waals surface area contributed by atoms with Crippen molar-refractivity contribution in [3.8, 4) is 11.5 Å². The van der Waals surface area contributed by atoms with Crippen molar-refractivity contribution in [3.63, 3.8) is 0 Å². The molecule has 0 unspecified atom stereocenters. The Kier molecular flexibility index (Phi) is 6.14. The second-order valence-corrected chi connectivity index (χ2v) is 9.11. The number of hydrogen-bond donors (Lipinski definition) is 0. The van der Waals surface area contributed by atoms with Gasteiger partial charge in [0.05, 0.1) is 14.2 Å². The number of carbonyl (C=O) groups is 1. The van der Waals surface area contributed by atoms with Gasteiger partial charge in [-0.25, -0.2) is 8.42 Å². The maximum absolute atomic E-state index is 12.6. The zero-order chi connectivity index (χ0) is 21.0. The van der Waals surface area contributed by atoms with Crippen molar-refractivity contribution in [1.82, 2.24) is 0 Å². The molecule has 1 heterocycles. The monoisotopic (exact) mass is 430 g/mol. The van der Waals surface area contributed by atoms with Crippen LogP contribution in [0.3, 0.4) is 0 Å². The summed E-state index contributed by atoms with van der Waals surface area (Å²) >= 11 is 0.810. The van der Waals surface area contributed by atoms with Gasteiger partial charge in [0.15, 0.2) is 15.6 Å². The summed E-state index contributed by atoms with van der Waals surface area (Å²) in [5, 5.41) is 0.593. The highest BCUT2D eigenvalue weighted by molar-refractivity contribution is 7.92. The predicted molar refractivity (Wildman–Crippen MR) is 114 cm³/mol. The van der Waals surface area contributed by atoms with Crippen LogP contribution in [-0.2, 0) is 14.6 Å². The zero-order valence-electron chi connectivity index (χ0n) is 15.7. The summed E-state index contributed by atoms with van der Waals surface area (Å²) in [5.74, 6) is -0.139. The largest absolute Gasteiger partial charge is 0.497 e. The fourth-order valence-electron chi connectivity index (χ4n) is 2.63. The normalized spacial score (nSPS) is 11.7. The Balaban J connectivity index is 1.82. The third kappa shape index (κ3) is 4.90. The van der Waals surface area contributed by atoms with Crippen molar-refractivity contribution in [2.45, 2.75) is 4.90 Å². The molecule has 2 aromatic carbocycles. The summed E-state index contributed by atoms with van der Waals surface area (Å²) in [6.45, 7) is 0. The lowest BCUT2D eigenvalue weighted by atomic mass is 10.2. The fourth-order valence-corrected chi connectivity index (χ4v) is 5.11. The Hall–Kier alpha value is -2.97. The molecule has 0 spiro atoms. The minimum absolute atomic E-state index is 0.369. The van der Waals surface area contributed by atoms with Gasteiger partial charge < -0.3 is 9.47 Å². The number of methoxy groups -OCH3 is 2. The number of fused-ring (bicyclic) bond motifs is 1. The molecule has 1 aromatic heterocycles. The van der Waals surface area contributed by atoms with Gasteiger partial charge in [0.2, 0.25) is 0 Å². The maximum Gasteiger partial charge on any atom is 0.251 e. The Bertz CT molecular complexity index is 1240. The van der Waals surface area contributed by atoms with E-state index in [1.165, 1.54) is 25.3 Å². The number of carbonyl (C=O) groups excluding carboxylic acids is 1. The minimum atomic E-state index is -4.07. The molecule has 0 saturated carbocycles. The molecule has 0 fully saturated rings. The van der Waals surface area contributed by atoms with Crippen LogP contribution in [0.15, 0.2) is 64.3 Å². The van der Waals surface area contributed by atoms with Crippen molar-refractivity contribution in [3.05, 3.63) is 69.7 Å². The average molecular weight is 431 g/mol. The molecule has 150 valence electrons. The van der Waals surface area contributed by atoms with Crippen molar-refractivity contribution < 1.29 is 22.7 Å². The average Bonchev–Trinajstić information content (AvgIpc) is 2.71. The number of hydrogen-bond acceptors (Lipinski definition) is 7. The van der Waals surface area contributed by atoms with Crippen LogP contribution in [0, 0.1) is 0 Å². The molecule has 3 aromatic rings. The van der Waals surface area contributed by atoms with Gasteiger partial charge in [0, 0.05) is 4.70 Å². The predicted octanol–water partition coefficient (Wildman–Crippen LogP) is 3.33. The smallest absolute Gasteiger partial charge is 0.251 e. The van der Waals surface area contributed by atoms with E-state index in [2.05, 4.69) is 0 Å². The molecule has 0 saturated heterocycles. The van der Waals surface area contributed by atoms with Gasteiger partial charge >= 0.3 is 0 Å². The van der Waals surface area contributed by atoms with E-state index < -0.39 is 26.1 Å². The second kappa shape index (κ2) is 8.59. The van der Waals surface area contributed by atoms with Crippen LogP contribution < -0.4 is 14.2 Å². The number of allylic oxidation sites excluding steroid dienone is 1. The highest BCUT2D eigenvalue weighted by Gasteiger charge is 2.22. The van der Waals surface area contributed by atoms with Crippen molar-refractivity contribution >= 4 is 43.1 Å². The molecule has 0 amide bonds. The lowest BCUT2D eigenvalue weighted by molar-refractivity contribution is -0.112. The number of ketones is 1. The Labute approximate surface area is 171 Å². The van der Waals surface area contributed by atoms with Crippen LogP contribution in [0.25, 0.3) is 16.2 Å². The van der Waals surface area contributed by atoms with Gasteiger partial charge in [-0.05, 0) is 53.4 Å². The second-order valence-electron chi connectivity index (χ2n) is 6.13. The summed E-state index contributed by atoms with van der Waals surface area (Å²) in [6, 6.07) is 13.3. The molecular weight excluding hydrogens is 412 g/mol. The van der Waals surface area contributed by atoms with Gasteiger partial charge in [0.25, 0.3) is 4.74 Å². The van der Waals surface area contributed by atoms with Crippen LogP contribution >= 0.6 is 11.3 Å². The lowest BCUT2D eigenvalue weighted by Gasteiger charge is -2.05. The van der Waals surface area contributed by atoms with Crippen molar-refractivity contribution in [2.75, 3.05) is 20.0 Å². The highest BCUT2D eigenvalue weighted by atomic mass is 32.2. The summed E-state index contributed by atoms with van der Waals surface area (Å²) < 4.78 is 35.4. The molecule has 0 radical (unpaired) electrons. The quantitative estimate of drug-likeness (QED) is 0.535. The molecule has 0 bridgehead atoms. The summed E-state index contributed by atoms with van der Waals surface area (Å²) in [4.78, 5) is 24.2. The molecule has 0 aliphatic heterocycles. The van der Waals surface area contributed by atoms with Gasteiger partial charge in [-0.1, -0.05) is 29.5 Å². The van der Waals surface area contributed by atoms with E-state index in [4.69, 9.17) is 9.47 Å². The molecule has 29 heavy (non-hydrogen) atoms. The van der Waals surface area contributed by atoms with Gasteiger partial charge in [-0.3, -0.25) is 9.59 Å². The highest BCUT2D eigenvalue weighted by Crippen LogP contribution is 2.25. The molecule has 0 N–H and O–H groups in total. The first kappa shape index (κ1) is 20.8. The van der Waals surface area contributed by atoms with Gasteiger partial charge in [0.1, 0.15) is 22.1 Å². The third-order valence-electron chi connectivity index (χ3n) is 4.16. The summed E-state index contributed by atoms with van der Waals surface area (Å²) in [7, 11) is -1.01. The van der Waals surface area contributed by atoms with Gasteiger partial charge in [-0.15, -0.1) is 0 Å². The Morgan fingerprint density at radius 1 is 1.00 bits per heavy atom. The van der Waals surface area contributed by atoms with E-state index in [1.807, 2.05) is 0 Å². The van der Waals surface area contributed by atoms with E-state index in [0.717, 1.165) is 16.9 Å². The summed E-state index contributed by atoms with van der Waals surface area (Å²) in [6.07, 6.45) is 2.71. The first-order valence-corrected chi connectivity index (χ1v) is 11.0. The standard InChI is InChI=1S/C21H18O6S2/c1-26-17-8-4-14(5-9-17)3-7-16(22)13-29(24,25)20-11-15-6-10-18(27-2)12-19(15)28-21(20)23/h3-12H,13H2,1-2H3/b7-3+. The van der Waals surface area contributed by atoms with E-state index in [0.29, 0.717) is 21.6 Å². The minimum Gasteiger partial charge on any atom is -0.497 e. The fraction of sp³-hybridized carbons (Fsp3) is 0.143. The van der Waals surface area contributed by atoms with Crippen LogP contribution in [0.2, 0.25) is 0 Å². The molecule has 0 aliphatic rings. The van der Waals surface area contributed by atoms with Crippen molar-refractivity contribution in [1.29, 1.82) is 0 Å². The van der Waals surface area contributed by atoms with E-state index in [-0.39, 0.29) is 4.90 Å². The van der Waals surface area contributed by atoms with Crippen LogP contribution in [0.1, 0.15) is 5.56 Å². The van der Waals surface area contributed by atoms with E-state index in [9.17, 15) is 18.0 Å². The first-order valence-electron chi connectivity index (χ1n) is 8.52. The summed E-state index contributed by atoms with van der Waals surface area (Å²) in [5.41, 5.74) is 0.725. The first-order chi connectivity index (χ1) is 13.8. The molecule has 0 aliphatic carbocycles. The van der Waals surface area contributed by atoms with E-state index in [1.54, 1.807) is 49.6 Å². The SMILES string of the molecule is COc1ccc(/C=C/C(=O)CS(=O)(=O)c2cc3ccc(OC)cc3sc2=O)cc1. The third-order valence-corrected chi connectivity index (χ3v) is 6.90. The Morgan fingerprint density at radius 2 is 1.66 bits per heavy atom. The van der Waals surface area contributed by atoms with Crippen LogP contribution in [0.4, 0.5) is 0 Å². The lowest BCUT2D eigenvalue weighted by Crippen LogP contribution is -2.19. The molecule has 0 atom stereocenters. The number of ether oxygens (including phenoxy) is 2. The topological polar surface area (TPSA) is 86.7 Å². The molecule has 8 heteroatoms. The van der Waals surface area contributed by atoms with Crippen molar-refractivity contribution in [2.24, 2.45) is 0 Å². The zero-order valence-corrected chi connectivity index (χ0v) is 17.4. The van der Waals surface area contributed by atoms with Gasteiger partial charge in [-0.2, -0.15) is 0 Å². The molecule has 3 rings (SSSR count). The number of sulfone groups is 1. The van der Waals surface area contributed by atoms with E-state index >= 15 is 0 Å². The van der Waals surface area contributed by atoms with Crippen LogP contribution in [-0.4, -0.2) is 34.2 Å². The van der Waals surface area contributed by atoms with Crippen LogP contribution in [0.5, 0.6) is 11.5 Å². The number of benzene rings is 2. The number of rotatable bonds is 7. The molecule has 6 nitrogen and oxygen atoms in total. The Morgan fingerprint density at radius 3 is 2.31 bits per heavy atom. The molecular formula is C21H18O6S2.